The van der Waals surface area contributed by atoms with Crippen molar-refractivity contribution in [3.63, 3.8) is 0 Å². The second-order valence-electron chi connectivity index (χ2n) is 4.19. The lowest BCUT2D eigenvalue weighted by atomic mass is 10.1. The zero-order valence-corrected chi connectivity index (χ0v) is 10.7. The van der Waals surface area contributed by atoms with Crippen LogP contribution in [-0.2, 0) is 0 Å². The maximum absolute atomic E-state index is 5.74. The molecule has 0 saturated heterocycles. The molecular weight excluding hydrogens is 230 g/mol. The molecule has 2 aromatic rings. The van der Waals surface area contributed by atoms with Crippen molar-refractivity contribution < 1.29 is 0 Å². The van der Waals surface area contributed by atoms with Gasteiger partial charge >= 0.3 is 0 Å². The number of hydrogen-bond donors (Lipinski definition) is 1. The predicted molar refractivity (Wildman–Crippen MR) is 73.5 cm³/mol. The van der Waals surface area contributed by atoms with E-state index in [-0.39, 0.29) is 0 Å². The molecule has 0 radical (unpaired) electrons. The van der Waals surface area contributed by atoms with Crippen LogP contribution in [0.1, 0.15) is 31.2 Å². The van der Waals surface area contributed by atoms with Crippen molar-refractivity contribution in [2.45, 2.75) is 19.8 Å². The maximum Gasteiger partial charge on any atom is 0.115 e. The summed E-state index contributed by atoms with van der Waals surface area (Å²) in [5.41, 5.74) is 7.61. The Balaban J connectivity index is 2.60. The van der Waals surface area contributed by atoms with Crippen LogP contribution in [0.4, 0.5) is 0 Å². The lowest BCUT2D eigenvalue weighted by Gasteiger charge is -2.13. The zero-order valence-electron chi connectivity index (χ0n) is 9.92. The molecule has 0 saturated carbocycles. The highest BCUT2D eigenvalue weighted by atomic mass is 32.1. The third-order valence-corrected chi connectivity index (χ3v) is 2.83. The number of hydrogen-bond acceptors (Lipinski definition) is 2. The van der Waals surface area contributed by atoms with E-state index in [2.05, 4.69) is 18.8 Å². The second kappa shape index (κ2) is 4.67. The lowest BCUT2D eigenvalue weighted by Crippen LogP contribution is -2.14. The molecule has 17 heavy (non-hydrogen) atoms. The number of rotatable bonds is 3. The standard InChI is InChI=1S/C13H15N3S/c1-9(2)13-15-7-8-16(13)11-6-4-3-5-10(11)12(14)17/h3-9H,1-2H3,(H2,14,17). The van der Waals surface area contributed by atoms with Crippen LogP contribution in [0.3, 0.4) is 0 Å². The van der Waals surface area contributed by atoms with Crippen molar-refractivity contribution in [3.8, 4) is 5.69 Å². The average molecular weight is 245 g/mol. The van der Waals surface area contributed by atoms with Gasteiger partial charge < -0.3 is 10.3 Å². The van der Waals surface area contributed by atoms with Crippen LogP contribution in [0.15, 0.2) is 36.7 Å². The fourth-order valence-electron chi connectivity index (χ4n) is 1.84. The number of benzene rings is 1. The summed E-state index contributed by atoms with van der Waals surface area (Å²) in [7, 11) is 0. The molecule has 88 valence electrons. The summed E-state index contributed by atoms with van der Waals surface area (Å²) in [6.07, 6.45) is 3.73. The average Bonchev–Trinajstić information content (AvgIpc) is 2.77. The number of nitrogens with two attached hydrogens (primary N) is 1. The van der Waals surface area contributed by atoms with E-state index in [0.717, 1.165) is 17.1 Å². The Kier molecular flexibility index (Phi) is 3.24. The van der Waals surface area contributed by atoms with Gasteiger partial charge in [-0.15, -0.1) is 0 Å². The Morgan fingerprint density at radius 1 is 1.35 bits per heavy atom. The number of aromatic nitrogens is 2. The molecule has 1 aromatic carbocycles. The van der Waals surface area contributed by atoms with Crippen molar-refractivity contribution in [1.82, 2.24) is 9.55 Å². The first-order valence-corrected chi connectivity index (χ1v) is 5.94. The molecule has 2 N–H and O–H groups in total. The molecule has 0 unspecified atom stereocenters. The van der Waals surface area contributed by atoms with Crippen LogP contribution in [-0.4, -0.2) is 14.5 Å². The van der Waals surface area contributed by atoms with Gasteiger partial charge in [-0.1, -0.05) is 38.2 Å². The van der Waals surface area contributed by atoms with Gasteiger partial charge in [0.15, 0.2) is 0 Å². The van der Waals surface area contributed by atoms with Crippen LogP contribution in [0, 0.1) is 0 Å². The molecule has 0 amide bonds. The monoisotopic (exact) mass is 245 g/mol. The van der Waals surface area contributed by atoms with Crippen LogP contribution in [0.2, 0.25) is 0 Å². The highest BCUT2D eigenvalue weighted by Gasteiger charge is 2.12. The topological polar surface area (TPSA) is 43.8 Å². The van der Waals surface area contributed by atoms with Crippen LogP contribution >= 0.6 is 12.2 Å². The first-order valence-electron chi connectivity index (χ1n) is 5.53. The third-order valence-electron chi connectivity index (χ3n) is 2.61. The minimum Gasteiger partial charge on any atom is -0.389 e. The lowest BCUT2D eigenvalue weighted by molar-refractivity contribution is 0.751. The van der Waals surface area contributed by atoms with Gasteiger partial charge in [0.05, 0.1) is 5.69 Å². The smallest absolute Gasteiger partial charge is 0.115 e. The number of thiocarbonyl (C=S) groups is 1. The van der Waals surface area contributed by atoms with Crippen LogP contribution in [0.25, 0.3) is 5.69 Å². The van der Waals surface area contributed by atoms with Gasteiger partial charge in [0.1, 0.15) is 10.8 Å². The quantitative estimate of drug-likeness (QED) is 0.845. The van der Waals surface area contributed by atoms with Crippen molar-refractivity contribution in [2.24, 2.45) is 5.73 Å². The zero-order chi connectivity index (χ0) is 12.4. The highest BCUT2D eigenvalue weighted by molar-refractivity contribution is 7.80. The minimum atomic E-state index is 0.351. The Labute approximate surface area is 106 Å². The van der Waals surface area contributed by atoms with Crippen LogP contribution < -0.4 is 5.73 Å². The van der Waals surface area contributed by atoms with E-state index in [1.165, 1.54) is 0 Å². The summed E-state index contributed by atoms with van der Waals surface area (Å²) >= 11 is 5.08. The summed E-state index contributed by atoms with van der Waals surface area (Å²) in [5, 5.41) is 0. The summed E-state index contributed by atoms with van der Waals surface area (Å²) in [6.45, 7) is 4.23. The first-order chi connectivity index (χ1) is 8.11. The molecule has 0 fully saturated rings. The predicted octanol–water partition coefficient (Wildman–Crippen LogP) is 2.63. The normalized spacial score (nSPS) is 10.8. The van der Waals surface area contributed by atoms with Gasteiger partial charge in [-0.3, -0.25) is 0 Å². The van der Waals surface area contributed by atoms with Gasteiger partial charge in [0, 0.05) is 23.9 Å². The molecule has 2 rings (SSSR count). The van der Waals surface area contributed by atoms with Gasteiger partial charge in [0.25, 0.3) is 0 Å². The van der Waals surface area contributed by atoms with Crippen molar-refractivity contribution in [1.29, 1.82) is 0 Å². The molecule has 1 aromatic heterocycles. The maximum atomic E-state index is 5.74. The summed E-state index contributed by atoms with van der Waals surface area (Å²) in [6, 6.07) is 7.84. The molecule has 1 heterocycles. The van der Waals surface area contributed by atoms with Gasteiger partial charge in [-0.25, -0.2) is 4.98 Å². The molecule has 0 aliphatic rings. The van der Waals surface area contributed by atoms with Crippen LogP contribution in [0.5, 0.6) is 0 Å². The Bertz CT molecular complexity index is 543. The molecular formula is C13H15N3S. The molecule has 3 nitrogen and oxygen atoms in total. The molecule has 0 bridgehead atoms. The van der Waals surface area contributed by atoms with E-state index in [4.69, 9.17) is 18.0 Å². The number of para-hydroxylation sites is 1. The SMILES string of the molecule is CC(C)c1nccn1-c1ccccc1C(N)=S. The molecule has 0 aliphatic carbocycles. The summed E-state index contributed by atoms with van der Waals surface area (Å²) < 4.78 is 2.04. The number of nitrogens with zero attached hydrogens (tertiary/aromatic N) is 2. The highest BCUT2D eigenvalue weighted by Crippen LogP contribution is 2.20. The van der Waals surface area contributed by atoms with E-state index in [1.54, 1.807) is 6.20 Å². The molecule has 4 heteroatoms. The van der Waals surface area contributed by atoms with Crippen molar-refractivity contribution in [2.75, 3.05) is 0 Å². The molecule has 0 spiro atoms. The first kappa shape index (κ1) is 11.8. The minimum absolute atomic E-state index is 0.351. The van der Waals surface area contributed by atoms with Gasteiger partial charge in [-0.05, 0) is 12.1 Å². The third kappa shape index (κ3) is 2.22. The van der Waals surface area contributed by atoms with Gasteiger partial charge in [0.2, 0.25) is 0 Å². The van der Waals surface area contributed by atoms with E-state index in [0.29, 0.717) is 10.9 Å². The number of imidazole rings is 1. The van der Waals surface area contributed by atoms with E-state index >= 15 is 0 Å². The summed E-state index contributed by atoms with van der Waals surface area (Å²) in [5.74, 6) is 1.36. The largest absolute Gasteiger partial charge is 0.389 e. The Hall–Kier alpha value is -1.68. The fraction of sp³-hybridized carbons (Fsp3) is 0.231. The molecule has 0 atom stereocenters. The second-order valence-corrected chi connectivity index (χ2v) is 4.63. The van der Waals surface area contributed by atoms with E-state index < -0.39 is 0 Å². The Morgan fingerprint density at radius 3 is 2.71 bits per heavy atom. The van der Waals surface area contributed by atoms with Gasteiger partial charge in [-0.2, -0.15) is 0 Å². The van der Waals surface area contributed by atoms with E-state index in [9.17, 15) is 0 Å². The summed E-state index contributed by atoms with van der Waals surface area (Å²) in [4.78, 5) is 4.78. The Morgan fingerprint density at radius 2 is 2.06 bits per heavy atom. The van der Waals surface area contributed by atoms with E-state index in [1.807, 2.05) is 35.0 Å². The van der Waals surface area contributed by atoms with Crippen molar-refractivity contribution >= 4 is 17.2 Å². The van der Waals surface area contributed by atoms with Crippen molar-refractivity contribution in [3.05, 3.63) is 48.0 Å². The molecule has 0 aliphatic heterocycles. The fourth-order valence-corrected chi connectivity index (χ4v) is 2.01.